The lowest BCUT2D eigenvalue weighted by molar-refractivity contribution is 0.156. The zero-order valence-corrected chi connectivity index (χ0v) is 16.7. The first-order chi connectivity index (χ1) is 13.0. The van der Waals surface area contributed by atoms with Gasteiger partial charge in [-0.2, -0.15) is 0 Å². The summed E-state index contributed by atoms with van der Waals surface area (Å²) in [5, 5.41) is -0.0771. The van der Waals surface area contributed by atoms with Gasteiger partial charge >= 0.3 is 0 Å². The Morgan fingerprint density at radius 2 is 2.15 bits per heavy atom. The van der Waals surface area contributed by atoms with Crippen LogP contribution in [0.4, 0.5) is 11.4 Å². The predicted molar refractivity (Wildman–Crippen MR) is 112 cm³/mol. The topological polar surface area (TPSA) is 80.6 Å². The Labute approximate surface area is 164 Å². The van der Waals surface area contributed by atoms with E-state index >= 15 is 0 Å². The third kappa shape index (κ3) is 3.72. The molecule has 0 saturated carbocycles. The van der Waals surface area contributed by atoms with Gasteiger partial charge in [-0.25, -0.2) is 0 Å². The second kappa shape index (κ2) is 7.58. The summed E-state index contributed by atoms with van der Waals surface area (Å²) in [6.07, 6.45) is 12.2. The van der Waals surface area contributed by atoms with Crippen molar-refractivity contribution in [3.8, 4) is 0 Å². The van der Waals surface area contributed by atoms with Crippen LogP contribution in [-0.2, 0) is 4.74 Å². The highest BCUT2D eigenvalue weighted by atomic mass is 32.2. The van der Waals surface area contributed by atoms with Gasteiger partial charge in [0.25, 0.3) is 0 Å². The minimum atomic E-state index is -0.0771. The van der Waals surface area contributed by atoms with Crippen molar-refractivity contribution in [2.45, 2.75) is 44.2 Å². The van der Waals surface area contributed by atoms with Gasteiger partial charge in [0.15, 0.2) is 0 Å². The molecule has 1 fully saturated rings. The van der Waals surface area contributed by atoms with E-state index in [9.17, 15) is 0 Å². The zero-order valence-electron chi connectivity index (χ0n) is 15.8. The summed E-state index contributed by atoms with van der Waals surface area (Å²) in [4.78, 5) is 10.0. The lowest BCUT2D eigenvalue weighted by atomic mass is 10.1. The van der Waals surface area contributed by atoms with E-state index in [0.29, 0.717) is 0 Å². The third-order valence-electron chi connectivity index (χ3n) is 4.87. The maximum absolute atomic E-state index is 6.23. The molecule has 6 nitrogen and oxygen atoms in total. The van der Waals surface area contributed by atoms with Crippen LogP contribution in [-0.4, -0.2) is 35.6 Å². The van der Waals surface area contributed by atoms with Crippen LogP contribution in [0, 0.1) is 0 Å². The number of fused-ring (bicyclic) bond motifs is 1. The first-order valence-corrected chi connectivity index (χ1v) is 10.4. The monoisotopic (exact) mass is 385 g/mol. The van der Waals surface area contributed by atoms with Crippen LogP contribution in [0.25, 0.3) is 0 Å². The van der Waals surface area contributed by atoms with Crippen LogP contribution in [0.15, 0.2) is 53.2 Å². The number of anilines is 2. The van der Waals surface area contributed by atoms with Crippen LogP contribution in [0.1, 0.15) is 26.7 Å². The minimum Gasteiger partial charge on any atom is -0.490 e. The van der Waals surface area contributed by atoms with Gasteiger partial charge in [0.2, 0.25) is 0 Å². The molecular formula is C20H27N5OS. The van der Waals surface area contributed by atoms with E-state index in [2.05, 4.69) is 33.1 Å². The molecule has 2 unspecified atom stereocenters. The number of pyridine rings is 1. The number of rotatable bonds is 4. The molecule has 27 heavy (non-hydrogen) atoms. The second-order valence-electron chi connectivity index (χ2n) is 7.39. The summed E-state index contributed by atoms with van der Waals surface area (Å²) in [6.45, 7) is 5.96. The van der Waals surface area contributed by atoms with Gasteiger partial charge in [-0.1, -0.05) is 11.8 Å². The van der Waals surface area contributed by atoms with E-state index in [1.165, 1.54) is 0 Å². The summed E-state index contributed by atoms with van der Waals surface area (Å²) in [6, 6.07) is 2.29. The van der Waals surface area contributed by atoms with E-state index in [4.69, 9.17) is 16.2 Å². The second-order valence-corrected chi connectivity index (χ2v) is 8.58. The zero-order chi connectivity index (χ0) is 19.0. The van der Waals surface area contributed by atoms with Gasteiger partial charge < -0.3 is 26.0 Å². The van der Waals surface area contributed by atoms with Crippen molar-refractivity contribution >= 4 is 23.1 Å². The Bertz CT molecular complexity index is 803. The Morgan fingerprint density at radius 1 is 1.30 bits per heavy atom. The number of hydrogen-bond donors (Lipinski definition) is 2. The number of aromatic nitrogens is 1. The fourth-order valence-electron chi connectivity index (χ4n) is 3.75. The molecule has 4 N–H and O–H groups in total. The standard InChI is InChI=1S/C20H27N5OS/c1-13(2)26-18-6-9-25(16-10-19(22)27-20(16)18)17-11-23-7-5-15(17)24-8-3-4-14(21)12-24/h5-7,9-11,13-14,19H,3-4,8,12,21-22H2,1-2H3. The third-order valence-corrected chi connectivity index (χ3v) is 5.92. The summed E-state index contributed by atoms with van der Waals surface area (Å²) in [5.74, 6) is 0.885. The van der Waals surface area contributed by atoms with Crippen molar-refractivity contribution < 1.29 is 4.74 Å². The molecule has 144 valence electrons. The van der Waals surface area contributed by atoms with Gasteiger partial charge in [0, 0.05) is 31.5 Å². The van der Waals surface area contributed by atoms with Crippen molar-refractivity contribution in [2.75, 3.05) is 22.9 Å². The predicted octanol–water partition coefficient (Wildman–Crippen LogP) is 2.89. The van der Waals surface area contributed by atoms with E-state index in [-0.39, 0.29) is 17.5 Å². The van der Waals surface area contributed by atoms with Crippen molar-refractivity contribution in [3.63, 3.8) is 0 Å². The van der Waals surface area contributed by atoms with Crippen molar-refractivity contribution in [1.29, 1.82) is 0 Å². The molecule has 2 atom stereocenters. The normalized spacial score (nSPS) is 25.1. The Morgan fingerprint density at radius 3 is 2.93 bits per heavy atom. The van der Waals surface area contributed by atoms with E-state index in [0.717, 1.165) is 53.7 Å². The molecule has 0 aliphatic carbocycles. The molecule has 0 spiro atoms. The Hall–Kier alpha value is -1.96. The molecule has 3 aliphatic rings. The average Bonchev–Trinajstić information content (AvgIpc) is 3.03. The fourth-order valence-corrected chi connectivity index (χ4v) is 4.74. The molecule has 0 radical (unpaired) electrons. The molecule has 1 aromatic heterocycles. The van der Waals surface area contributed by atoms with Crippen LogP contribution >= 0.6 is 11.8 Å². The maximum Gasteiger partial charge on any atom is 0.136 e. The molecular weight excluding hydrogens is 358 g/mol. The van der Waals surface area contributed by atoms with E-state index in [1.807, 2.05) is 32.3 Å². The Kier molecular flexibility index (Phi) is 5.16. The molecule has 0 amide bonds. The SMILES string of the molecule is CC(C)OC1=C2SC(N)C=C2N(c2cnccc2N2CCCC(N)C2)C=C1. The van der Waals surface area contributed by atoms with Crippen molar-refractivity contribution in [2.24, 2.45) is 11.5 Å². The molecule has 4 rings (SSSR count). The molecule has 7 heteroatoms. The smallest absolute Gasteiger partial charge is 0.136 e. The highest BCUT2D eigenvalue weighted by molar-refractivity contribution is 8.04. The van der Waals surface area contributed by atoms with E-state index in [1.54, 1.807) is 11.8 Å². The molecule has 1 saturated heterocycles. The number of piperidine rings is 1. The van der Waals surface area contributed by atoms with Gasteiger partial charge in [-0.15, -0.1) is 0 Å². The number of nitrogens with two attached hydrogens (primary N) is 2. The number of allylic oxidation sites excluding steroid dienone is 1. The first kappa shape index (κ1) is 18.4. The summed E-state index contributed by atoms with van der Waals surface area (Å²) in [5.41, 5.74) is 15.7. The van der Waals surface area contributed by atoms with Crippen LogP contribution in [0.2, 0.25) is 0 Å². The van der Waals surface area contributed by atoms with Gasteiger partial charge in [0.05, 0.1) is 39.7 Å². The van der Waals surface area contributed by atoms with Crippen LogP contribution in [0.3, 0.4) is 0 Å². The summed E-state index contributed by atoms with van der Waals surface area (Å²) < 4.78 is 6.00. The van der Waals surface area contributed by atoms with Crippen molar-refractivity contribution in [3.05, 3.63) is 53.2 Å². The molecule has 0 aromatic carbocycles. The highest BCUT2D eigenvalue weighted by Gasteiger charge is 2.32. The van der Waals surface area contributed by atoms with Gasteiger partial charge in [0.1, 0.15) is 5.76 Å². The fraction of sp³-hybridized carbons (Fsp3) is 0.450. The Balaban J connectivity index is 1.70. The number of hydrogen-bond acceptors (Lipinski definition) is 7. The van der Waals surface area contributed by atoms with Crippen molar-refractivity contribution in [1.82, 2.24) is 4.98 Å². The molecule has 3 aliphatic heterocycles. The van der Waals surface area contributed by atoms with Crippen LogP contribution < -0.4 is 21.3 Å². The summed E-state index contributed by atoms with van der Waals surface area (Å²) >= 11 is 1.63. The minimum absolute atomic E-state index is 0.0771. The average molecular weight is 386 g/mol. The maximum atomic E-state index is 6.23. The first-order valence-electron chi connectivity index (χ1n) is 9.50. The molecule has 4 heterocycles. The van der Waals surface area contributed by atoms with Gasteiger partial charge in [-0.05, 0) is 44.9 Å². The largest absolute Gasteiger partial charge is 0.490 e. The number of ether oxygens (including phenoxy) is 1. The molecule has 1 aromatic rings. The van der Waals surface area contributed by atoms with E-state index < -0.39 is 0 Å². The lowest BCUT2D eigenvalue weighted by Gasteiger charge is -2.36. The quantitative estimate of drug-likeness (QED) is 0.825. The van der Waals surface area contributed by atoms with Gasteiger partial charge in [-0.3, -0.25) is 4.98 Å². The number of nitrogens with zero attached hydrogens (tertiary/aromatic N) is 3. The molecule has 0 bridgehead atoms. The lowest BCUT2D eigenvalue weighted by Crippen LogP contribution is -2.43. The summed E-state index contributed by atoms with van der Waals surface area (Å²) in [7, 11) is 0. The van der Waals surface area contributed by atoms with Crippen LogP contribution in [0.5, 0.6) is 0 Å². The number of thioether (sulfide) groups is 1. The highest BCUT2D eigenvalue weighted by Crippen LogP contribution is 2.45.